The summed E-state index contributed by atoms with van der Waals surface area (Å²) in [5.41, 5.74) is 2.30. The largest absolute Gasteiger partial charge is 0.484 e. The summed E-state index contributed by atoms with van der Waals surface area (Å²) < 4.78 is 5.58. The fourth-order valence-corrected chi connectivity index (χ4v) is 2.21. The van der Waals surface area contributed by atoms with Crippen LogP contribution >= 0.6 is 0 Å². The summed E-state index contributed by atoms with van der Waals surface area (Å²) in [6.07, 6.45) is 4.37. The molecule has 0 N–H and O–H groups in total. The highest BCUT2D eigenvalue weighted by Gasteiger charge is 2.12. The van der Waals surface area contributed by atoms with Crippen LogP contribution in [0.15, 0.2) is 48.8 Å². The van der Waals surface area contributed by atoms with Crippen LogP contribution in [-0.2, 0) is 11.2 Å². The van der Waals surface area contributed by atoms with Gasteiger partial charge in [-0.1, -0.05) is 12.1 Å². The number of carbonyl (C=O) groups excluding carboxylic acids is 1. The Bertz CT molecular complexity index is 599. The number of benzene rings is 1. The zero-order chi connectivity index (χ0) is 15.8. The molecule has 0 unspecified atom stereocenters. The van der Waals surface area contributed by atoms with Crippen molar-refractivity contribution in [3.8, 4) is 5.75 Å². The van der Waals surface area contributed by atoms with E-state index in [9.17, 15) is 4.79 Å². The van der Waals surface area contributed by atoms with Crippen molar-refractivity contribution in [1.82, 2.24) is 9.88 Å². The van der Waals surface area contributed by atoms with Crippen LogP contribution in [0.2, 0.25) is 0 Å². The van der Waals surface area contributed by atoms with Crippen molar-refractivity contribution < 1.29 is 9.53 Å². The minimum atomic E-state index is 0.0121. The SMILES string of the molecule is CCN(CCc1ccncc1)C(=O)COc1cccc(C)c1. The Morgan fingerprint density at radius 1 is 1.23 bits per heavy atom. The van der Waals surface area contributed by atoms with E-state index in [1.165, 1.54) is 5.56 Å². The zero-order valence-electron chi connectivity index (χ0n) is 13.2. The summed E-state index contributed by atoms with van der Waals surface area (Å²) in [6, 6.07) is 11.7. The summed E-state index contributed by atoms with van der Waals surface area (Å²) in [4.78, 5) is 18.1. The number of hydrogen-bond donors (Lipinski definition) is 0. The molecule has 0 saturated heterocycles. The molecule has 0 radical (unpaired) electrons. The van der Waals surface area contributed by atoms with Gasteiger partial charge in [-0.2, -0.15) is 0 Å². The van der Waals surface area contributed by atoms with Crippen LogP contribution in [0.1, 0.15) is 18.1 Å². The van der Waals surface area contributed by atoms with Gasteiger partial charge in [0.25, 0.3) is 5.91 Å². The smallest absolute Gasteiger partial charge is 0.260 e. The number of carbonyl (C=O) groups is 1. The first-order valence-electron chi connectivity index (χ1n) is 7.55. The number of amides is 1. The zero-order valence-corrected chi connectivity index (χ0v) is 13.2. The van der Waals surface area contributed by atoms with Crippen LogP contribution in [0.25, 0.3) is 0 Å². The predicted molar refractivity (Wildman–Crippen MR) is 86.9 cm³/mol. The molecule has 2 aromatic rings. The summed E-state index contributed by atoms with van der Waals surface area (Å²) in [7, 11) is 0. The molecule has 4 heteroatoms. The molecule has 4 nitrogen and oxygen atoms in total. The van der Waals surface area contributed by atoms with Gasteiger partial charge in [0.05, 0.1) is 0 Å². The average molecular weight is 298 g/mol. The highest BCUT2D eigenvalue weighted by Crippen LogP contribution is 2.12. The first-order chi connectivity index (χ1) is 10.7. The second kappa shape index (κ2) is 8.17. The van der Waals surface area contributed by atoms with Gasteiger partial charge in [0, 0.05) is 25.5 Å². The second-order valence-corrected chi connectivity index (χ2v) is 5.18. The van der Waals surface area contributed by atoms with Gasteiger partial charge in [0.15, 0.2) is 6.61 Å². The van der Waals surface area contributed by atoms with Gasteiger partial charge in [-0.3, -0.25) is 9.78 Å². The van der Waals surface area contributed by atoms with Crippen LogP contribution in [0, 0.1) is 6.92 Å². The van der Waals surface area contributed by atoms with Crippen molar-refractivity contribution in [3.63, 3.8) is 0 Å². The van der Waals surface area contributed by atoms with Crippen LogP contribution in [0.4, 0.5) is 0 Å². The molecule has 2 rings (SSSR count). The van der Waals surface area contributed by atoms with Crippen molar-refractivity contribution in [3.05, 3.63) is 59.9 Å². The third-order valence-electron chi connectivity index (χ3n) is 3.51. The van der Waals surface area contributed by atoms with E-state index in [2.05, 4.69) is 4.98 Å². The summed E-state index contributed by atoms with van der Waals surface area (Å²) in [6.45, 7) is 5.43. The van der Waals surface area contributed by atoms with Crippen LogP contribution in [-0.4, -0.2) is 35.5 Å². The number of ether oxygens (including phenoxy) is 1. The lowest BCUT2D eigenvalue weighted by molar-refractivity contribution is -0.133. The van der Waals surface area contributed by atoms with E-state index < -0.39 is 0 Å². The monoisotopic (exact) mass is 298 g/mol. The average Bonchev–Trinajstić information content (AvgIpc) is 2.54. The molecule has 0 atom stereocenters. The molecule has 0 spiro atoms. The Hall–Kier alpha value is -2.36. The maximum absolute atomic E-state index is 12.2. The maximum atomic E-state index is 12.2. The van der Waals surface area contributed by atoms with Gasteiger partial charge in [0.2, 0.25) is 0 Å². The van der Waals surface area contributed by atoms with E-state index in [1.54, 1.807) is 12.4 Å². The van der Waals surface area contributed by atoms with Gasteiger partial charge in [0.1, 0.15) is 5.75 Å². The van der Waals surface area contributed by atoms with Crippen molar-refractivity contribution in [2.45, 2.75) is 20.3 Å². The highest BCUT2D eigenvalue weighted by molar-refractivity contribution is 5.77. The van der Waals surface area contributed by atoms with E-state index >= 15 is 0 Å². The van der Waals surface area contributed by atoms with Gasteiger partial charge >= 0.3 is 0 Å². The summed E-state index contributed by atoms with van der Waals surface area (Å²) >= 11 is 0. The van der Waals surface area contributed by atoms with E-state index in [-0.39, 0.29) is 12.5 Å². The quantitative estimate of drug-likeness (QED) is 0.789. The van der Waals surface area contributed by atoms with Gasteiger partial charge < -0.3 is 9.64 Å². The Morgan fingerprint density at radius 3 is 2.68 bits per heavy atom. The van der Waals surface area contributed by atoms with E-state index in [1.807, 2.05) is 55.1 Å². The van der Waals surface area contributed by atoms with E-state index in [0.717, 1.165) is 17.7 Å². The maximum Gasteiger partial charge on any atom is 0.260 e. The molecule has 22 heavy (non-hydrogen) atoms. The number of aromatic nitrogens is 1. The van der Waals surface area contributed by atoms with Crippen LogP contribution in [0.5, 0.6) is 5.75 Å². The number of pyridine rings is 1. The Balaban J connectivity index is 1.83. The topological polar surface area (TPSA) is 42.4 Å². The van der Waals surface area contributed by atoms with Gasteiger partial charge in [-0.15, -0.1) is 0 Å². The second-order valence-electron chi connectivity index (χ2n) is 5.18. The molecule has 116 valence electrons. The van der Waals surface area contributed by atoms with Gasteiger partial charge in [-0.05, 0) is 55.7 Å². The minimum absolute atomic E-state index is 0.0121. The molecule has 1 heterocycles. The highest BCUT2D eigenvalue weighted by atomic mass is 16.5. The van der Waals surface area contributed by atoms with Crippen LogP contribution < -0.4 is 4.74 Å². The number of hydrogen-bond acceptors (Lipinski definition) is 3. The van der Waals surface area contributed by atoms with Crippen molar-refractivity contribution in [2.75, 3.05) is 19.7 Å². The Kier molecular flexibility index (Phi) is 5.95. The third-order valence-corrected chi connectivity index (χ3v) is 3.51. The summed E-state index contributed by atoms with van der Waals surface area (Å²) in [5.74, 6) is 0.747. The van der Waals surface area contributed by atoms with E-state index in [0.29, 0.717) is 13.1 Å². The lowest BCUT2D eigenvalue weighted by Crippen LogP contribution is -2.36. The first-order valence-corrected chi connectivity index (χ1v) is 7.55. The van der Waals surface area contributed by atoms with Crippen molar-refractivity contribution >= 4 is 5.91 Å². The van der Waals surface area contributed by atoms with Crippen molar-refractivity contribution in [1.29, 1.82) is 0 Å². The first kappa shape index (κ1) is 16.0. The molecular weight excluding hydrogens is 276 g/mol. The third kappa shape index (κ3) is 4.88. The number of aryl methyl sites for hydroxylation is 1. The molecule has 0 aliphatic rings. The minimum Gasteiger partial charge on any atom is -0.484 e. The fraction of sp³-hybridized carbons (Fsp3) is 0.333. The molecular formula is C18H22N2O2. The molecule has 0 aliphatic heterocycles. The van der Waals surface area contributed by atoms with Crippen molar-refractivity contribution in [2.24, 2.45) is 0 Å². The lowest BCUT2D eigenvalue weighted by Gasteiger charge is -2.21. The predicted octanol–water partition coefficient (Wildman–Crippen LogP) is 2.86. The fourth-order valence-electron chi connectivity index (χ4n) is 2.21. The number of likely N-dealkylation sites (N-methyl/N-ethyl adjacent to an activating group) is 1. The number of nitrogens with zero attached hydrogens (tertiary/aromatic N) is 2. The molecule has 0 aliphatic carbocycles. The molecule has 1 aromatic carbocycles. The van der Waals surface area contributed by atoms with Gasteiger partial charge in [-0.25, -0.2) is 0 Å². The molecule has 1 aromatic heterocycles. The molecule has 1 amide bonds. The normalized spacial score (nSPS) is 10.3. The summed E-state index contributed by atoms with van der Waals surface area (Å²) in [5, 5.41) is 0. The molecule has 0 fully saturated rings. The molecule has 0 bridgehead atoms. The standard InChI is InChI=1S/C18H22N2O2/c1-3-20(12-9-16-7-10-19-11-8-16)18(21)14-22-17-6-4-5-15(2)13-17/h4-8,10-11,13H,3,9,12,14H2,1-2H3. The lowest BCUT2D eigenvalue weighted by atomic mass is 10.2. The Labute approximate surface area is 131 Å². The Morgan fingerprint density at radius 2 is 2.00 bits per heavy atom. The number of rotatable bonds is 7. The molecule has 0 saturated carbocycles. The van der Waals surface area contributed by atoms with E-state index in [4.69, 9.17) is 4.74 Å². The van der Waals surface area contributed by atoms with Crippen LogP contribution in [0.3, 0.4) is 0 Å².